The van der Waals surface area contributed by atoms with Gasteiger partial charge in [0.2, 0.25) is 0 Å². The lowest BCUT2D eigenvalue weighted by molar-refractivity contribution is 0.102. The van der Waals surface area contributed by atoms with E-state index in [0.717, 1.165) is 26.7 Å². The van der Waals surface area contributed by atoms with Crippen LogP contribution >= 0.6 is 23.1 Å². The summed E-state index contributed by atoms with van der Waals surface area (Å²) in [6.45, 7) is 2.11. The van der Waals surface area contributed by atoms with E-state index in [4.69, 9.17) is 0 Å². The van der Waals surface area contributed by atoms with Gasteiger partial charge in [0.1, 0.15) is 0 Å². The number of carbonyl (C=O) groups is 1. The molecule has 3 nitrogen and oxygen atoms in total. The zero-order valence-electron chi connectivity index (χ0n) is 13.7. The van der Waals surface area contributed by atoms with E-state index < -0.39 is 0 Å². The normalized spacial score (nSPS) is 11.1. The van der Waals surface area contributed by atoms with E-state index in [1.807, 2.05) is 36.4 Å². The number of hydrogen-bond donors (Lipinski definition) is 1. The van der Waals surface area contributed by atoms with Gasteiger partial charge in [-0.2, -0.15) is 0 Å². The molecule has 0 radical (unpaired) electrons. The number of amides is 1. The van der Waals surface area contributed by atoms with Crippen LogP contribution in [0, 0.1) is 0 Å². The molecule has 0 aliphatic heterocycles. The number of nitrogens with zero attached hydrogens (tertiary/aromatic N) is 1. The molecule has 0 fully saturated rings. The largest absolute Gasteiger partial charge is 0.298 e. The van der Waals surface area contributed by atoms with Crippen LogP contribution in [0.4, 0.5) is 5.13 Å². The molecule has 0 bridgehead atoms. The Balaban J connectivity index is 1.61. The first-order valence-electron chi connectivity index (χ1n) is 8.07. The molecule has 0 aliphatic carbocycles. The summed E-state index contributed by atoms with van der Waals surface area (Å²) in [5, 5.41) is 5.82. The fraction of sp³-hybridized carbons (Fsp3) is 0.100. The molecule has 0 saturated carbocycles. The second-order valence-corrected chi connectivity index (χ2v) is 7.93. The molecular formula is C20H16N2OS2. The Hall–Kier alpha value is -2.37. The average molecular weight is 364 g/mol. The summed E-state index contributed by atoms with van der Waals surface area (Å²) in [6.07, 6.45) is 0. The number of hydrogen-bond acceptors (Lipinski definition) is 4. The van der Waals surface area contributed by atoms with Crippen LogP contribution in [-0.2, 0) is 0 Å². The molecule has 3 aromatic carbocycles. The maximum Gasteiger partial charge on any atom is 0.257 e. The molecule has 0 spiro atoms. The Morgan fingerprint density at radius 1 is 1.08 bits per heavy atom. The fourth-order valence-electron chi connectivity index (χ4n) is 2.75. The molecule has 0 atom stereocenters. The van der Waals surface area contributed by atoms with Gasteiger partial charge >= 0.3 is 0 Å². The van der Waals surface area contributed by atoms with Crippen molar-refractivity contribution in [3.8, 4) is 0 Å². The van der Waals surface area contributed by atoms with Gasteiger partial charge in [-0.25, -0.2) is 4.98 Å². The van der Waals surface area contributed by atoms with Crippen LogP contribution in [-0.4, -0.2) is 16.6 Å². The van der Waals surface area contributed by atoms with E-state index in [-0.39, 0.29) is 5.91 Å². The number of thiazole rings is 1. The smallest absolute Gasteiger partial charge is 0.257 e. The third-order valence-corrected chi connectivity index (χ3v) is 5.76. The summed E-state index contributed by atoms with van der Waals surface area (Å²) in [7, 11) is 0. The molecule has 4 aromatic rings. The zero-order chi connectivity index (χ0) is 17.2. The molecule has 0 unspecified atom stereocenters. The van der Waals surface area contributed by atoms with Crippen molar-refractivity contribution in [3.05, 3.63) is 66.2 Å². The van der Waals surface area contributed by atoms with Gasteiger partial charge in [0.25, 0.3) is 5.91 Å². The van der Waals surface area contributed by atoms with E-state index in [0.29, 0.717) is 10.7 Å². The van der Waals surface area contributed by atoms with Gasteiger partial charge in [-0.3, -0.25) is 10.1 Å². The highest BCUT2D eigenvalue weighted by molar-refractivity contribution is 7.99. The van der Waals surface area contributed by atoms with Crippen LogP contribution in [0.2, 0.25) is 0 Å². The van der Waals surface area contributed by atoms with E-state index in [1.165, 1.54) is 16.2 Å². The van der Waals surface area contributed by atoms with Crippen LogP contribution in [0.25, 0.3) is 21.0 Å². The van der Waals surface area contributed by atoms with E-state index in [9.17, 15) is 4.79 Å². The summed E-state index contributed by atoms with van der Waals surface area (Å²) >= 11 is 3.26. The van der Waals surface area contributed by atoms with Crippen LogP contribution in [0.15, 0.2) is 65.6 Å². The SMILES string of the molecule is CCSc1ccc(C(=O)Nc2nc3c(ccc4ccccc43)s2)cc1. The van der Waals surface area contributed by atoms with Crippen LogP contribution in [0.3, 0.4) is 0 Å². The van der Waals surface area contributed by atoms with Gasteiger partial charge in [0.15, 0.2) is 5.13 Å². The molecule has 0 saturated heterocycles. The first-order valence-corrected chi connectivity index (χ1v) is 9.87. The van der Waals surface area contributed by atoms with Gasteiger partial charge in [-0.15, -0.1) is 11.8 Å². The third-order valence-electron chi connectivity index (χ3n) is 3.93. The summed E-state index contributed by atoms with van der Waals surface area (Å²) in [6, 6.07) is 20.0. The standard InChI is InChI=1S/C20H16N2OS2/c1-2-24-15-10-7-14(8-11-15)19(23)22-20-21-18-16-6-4-3-5-13(16)9-12-17(18)25-20/h3-12H,2H2,1H3,(H,21,22,23). The molecule has 5 heteroatoms. The Labute approximate surface area is 154 Å². The fourth-order valence-corrected chi connectivity index (χ4v) is 4.29. The quantitative estimate of drug-likeness (QED) is 0.464. The maximum absolute atomic E-state index is 12.5. The Kier molecular flexibility index (Phi) is 4.42. The number of aromatic nitrogens is 1. The zero-order valence-corrected chi connectivity index (χ0v) is 15.3. The molecule has 4 rings (SSSR count). The van der Waals surface area contributed by atoms with Crippen molar-refractivity contribution in [2.24, 2.45) is 0 Å². The predicted molar refractivity (Wildman–Crippen MR) is 108 cm³/mol. The molecule has 1 amide bonds. The molecule has 124 valence electrons. The van der Waals surface area contributed by atoms with Crippen molar-refractivity contribution < 1.29 is 4.79 Å². The van der Waals surface area contributed by atoms with Gasteiger partial charge in [-0.1, -0.05) is 48.6 Å². The Morgan fingerprint density at radius 2 is 1.88 bits per heavy atom. The van der Waals surface area contributed by atoms with Crippen molar-refractivity contribution in [2.75, 3.05) is 11.1 Å². The first kappa shape index (κ1) is 16.1. The number of carbonyl (C=O) groups excluding carboxylic acids is 1. The Bertz CT molecular complexity index is 1050. The molecule has 0 aliphatic rings. The van der Waals surface area contributed by atoms with Gasteiger partial charge in [-0.05, 0) is 41.5 Å². The number of nitrogens with one attached hydrogen (secondary N) is 1. The molecule has 1 aromatic heterocycles. The number of anilines is 1. The van der Waals surface area contributed by atoms with E-state index >= 15 is 0 Å². The molecule has 1 N–H and O–H groups in total. The highest BCUT2D eigenvalue weighted by Gasteiger charge is 2.11. The maximum atomic E-state index is 12.5. The van der Waals surface area contributed by atoms with Crippen molar-refractivity contribution in [3.63, 3.8) is 0 Å². The summed E-state index contributed by atoms with van der Waals surface area (Å²) < 4.78 is 1.07. The van der Waals surface area contributed by atoms with Crippen molar-refractivity contribution in [1.82, 2.24) is 4.98 Å². The predicted octanol–water partition coefficient (Wildman–Crippen LogP) is 5.81. The second-order valence-electron chi connectivity index (χ2n) is 5.56. The van der Waals surface area contributed by atoms with Crippen LogP contribution in [0.5, 0.6) is 0 Å². The number of fused-ring (bicyclic) bond motifs is 3. The minimum Gasteiger partial charge on any atom is -0.298 e. The lowest BCUT2D eigenvalue weighted by atomic mass is 10.1. The number of benzene rings is 3. The minimum absolute atomic E-state index is 0.128. The van der Waals surface area contributed by atoms with Crippen molar-refractivity contribution in [1.29, 1.82) is 0 Å². The summed E-state index contributed by atoms with van der Waals surface area (Å²) in [5.74, 6) is 0.891. The van der Waals surface area contributed by atoms with Crippen molar-refractivity contribution >= 4 is 55.1 Å². The van der Waals surface area contributed by atoms with Crippen LogP contribution in [0.1, 0.15) is 17.3 Å². The highest BCUT2D eigenvalue weighted by Crippen LogP contribution is 2.31. The first-order chi connectivity index (χ1) is 12.2. The highest BCUT2D eigenvalue weighted by atomic mass is 32.2. The lowest BCUT2D eigenvalue weighted by Gasteiger charge is -2.03. The van der Waals surface area contributed by atoms with E-state index in [1.54, 1.807) is 11.8 Å². The molecule has 25 heavy (non-hydrogen) atoms. The van der Waals surface area contributed by atoms with Gasteiger partial charge in [0.05, 0.1) is 10.2 Å². The second kappa shape index (κ2) is 6.86. The van der Waals surface area contributed by atoms with Gasteiger partial charge < -0.3 is 0 Å². The summed E-state index contributed by atoms with van der Waals surface area (Å²) in [5.41, 5.74) is 1.58. The average Bonchev–Trinajstić information content (AvgIpc) is 3.05. The molecule has 1 heterocycles. The summed E-state index contributed by atoms with van der Waals surface area (Å²) in [4.78, 5) is 18.3. The Morgan fingerprint density at radius 3 is 2.68 bits per heavy atom. The van der Waals surface area contributed by atoms with Gasteiger partial charge in [0, 0.05) is 15.8 Å². The topological polar surface area (TPSA) is 42.0 Å². The monoisotopic (exact) mass is 364 g/mol. The number of rotatable bonds is 4. The third kappa shape index (κ3) is 3.25. The van der Waals surface area contributed by atoms with E-state index in [2.05, 4.69) is 41.5 Å². The molecular weight excluding hydrogens is 348 g/mol. The lowest BCUT2D eigenvalue weighted by Crippen LogP contribution is -2.11. The van der Waals surface area contributed by atoms with Crippen LogP contribution < -0.4 is 5.32 Å². The number of thioether (sulfide) groups is 1. The minimum atomic E-state index is -0.128. The van der Waals surface area contributed by atoms with Crippen molar-refractivity contribution in [2.45, 2.75) is 11.8 Å².